The minimum absolute atomic E-state index is 0.120. The van der Waals surface area contributed by atoms with Crippen LogP contribution in [0.3, 0.4) is 0 Å². The Balaban J connectivity index is 1.63. The number of nitrogens with zero attached hydrogens (tertiary/aromatic N) is 6. The van der Waals surface area contributed by atoms with Gasteiger partial charge < -0.3 is 9.47 Å². The van der Waals surface area contributed by atoms with Crippen LogP contribution in [0.1, 0.15) is 16.3 Å². The van der Waals surface area contributed by atoms with Crippen LogP contribution in [0.4, 0.5) is 0 Å². The zero-order valence-electron chi connectivity index (χ0n) is 11.3. The summed E-state index contributed by atoms with van der Waals surface area (Å²) in [4.78, 5) is 14.3. The maximum Gasteiger partial charge on any atom is 0.274 e. The summed E-state index contributed by atoms with van der Waals surface area (Å²) >= 11 is 9.28. The summed E-state index contributed by atoms with van der Waals surface area (Å²) in [5.74, 6) is 0.642. The predicted octanol–water partition coefficient (Wildman–Crippen LogP) is 2.00. The number of hydrogen-bond acceptors (Lipinski definition) is 4. The highest BCUT2D eigenvalue weighted by Gasteiger charge is 2.26. The smallest absolute Gasteiger partial charge is 0.274 e. The second-order valence-electron chi connectivity index (χ2n) is 5.01. The van der Waals surface area contributed by atoms with E-state index in [0.29, 0.717) is 35.1 Å². The lowest BCUT2D eigenvalue weighted by molar-refractivity contribution is 0.0700. The van der Waals surface area contributed by atoms with Gasteiger partial charge in [-0.25, -0.2) is 4.52 Å². The molecular formula is C13H10BrClN6O. The van der Waals surface area contributed by atoms with Crippen molar-refractivity contribution < 1.29 is 4.79 Å². The minimum atomic E-state index is -0.120. The molecule has 0 saturated heterocycles. The Morgan fingerprint density at radius 1 is 1.27 bits per heavy atom. The van der Waals surface area contributed by atoms with Crippen LogP contribution < -0.4 is 0 Å². The Labute approximate surface area is 138 Å². The quantitative estimate of drug-likeness (QED) is 0.646. The average Bonchev–Trinajstić information content (AvgIpc) is 3.09. The van der Waals surface area contributed by atoms with Crippen LogP contribution in [0.15, 0.2) is 29.1 Å². The standard InChI is InChI=1S/C13H10BrClN6O/c14-13-17-16-11-7-19(3-4-20(11)13)12(22)10-5-9-2-1-8(15)6-21(9)18-10/h1-2,5-6H,3-4,7H2. The Hall–Kier alpha value is -1.93. The molecule has 9 heteroatoms. The number of amides is 1. The van der Waals surface area contributed by atoms with Crippen molar-refractivity contribution in [1.29, 1.82) is 0 Å². The lowest BCUT2D eigenvalue weighted by Gasteiger charge is -2.26. The molecule has 0 atom stereocenters. The van der Waals surface area contributed by atoms with Crippen molar-refractivity contribution >= 4 is 39.0 Å². The van der Waals surface area contributed by atoms with Crippen molar-refractivity contribution in [3.05, 3.63) is 45.7 Å². The molecule has 1 amide bonds. The fourth-order valence-electron chi connectivity index (χ4n) is 2.52. The van der Waals surface area contributed by atoms with Gasteiger partial charge >= 0.3 is 0 Å². The molecule has 3 aromatic rings. The molecular weight excluding hydrogens is 372 g/mol. The monoisotopic (exact) mass is 380 g/mol. The summed E-state index contributed by atoms with van der Waals surface area (Å²) in [5.41, 5.74) is 1.23. The van der Waals surface area contributed by atoms with Crippen LogP contribution in [0.5, 0.6) is 0 Å². The van der Waals surface area contributed by atoms with E-state index in [4.69, 9.17) is 11.6 Å². The van der Waals surface area contributed by atoms with E-state index in [1.807, 2.05) is 10.6 Å². The van der Waals surface area contributed by atoms with E-state index in [1.165, 1.54) is 0 Å². The SMILES string of the molecule is O=C(c1cc2ccc(Cl)cn2n1)N1CCn2c(Br)nnc2C1. The minimum Gasteiger partial charge on any atom is -0.328 e. The predicted molar refractivity (Wildman–Crippen MR) is 82.7 cm³/mol. The normalized spacial score (nSPS) is 14.4. The first kappa shape index (κ1) is 13.7. The number of halogens is 2. The number of hydrogen-bond donors (Lipinski definition) is 0. The van der Waals surface area contributed by atoms with Crippen molar-refractivity contribution in [3.63, 3.8) is 0 Å². The number of rotatable bonds is 1. The molecule has 22 heavy (non-hydrogen) atoms. The fourth-order valence-corrected chi connectivity index (χ4v) is 3.14. The van der Waals surface area contributed by atoms with E-state index in [1.54, 1.807) is 27.7 Å². The van der Waals surface area contributed by atoms with Gasteiger partial charge in [-0.2, -0.15) is 5.10 Å². The highest BCUT2D eigenvalue weighted by atomic mass is 79.9. The number of carbonyl (C=O) groups excluding carboxylic acids is 1. The van der Waals surface area contributed by atoms with Crippen LogP contribution in [0, 0.1) is 0 Å². The van der Waals surface area contributed by atoms with Gasteiger partial charge in [0.25, 0.3) is 5.91 Å². The van der Waals surface area contributed by atoms with Crippen molar-refractivity contribution in [1.82, 2.24) is 29.3 Å². The topological polar surface area (TPSA) is 68.3 Å². The molecule has 1 aliphatic heterocycles. The second kappa shape index (κ2) is 5.06. The van der Waals surface area contributed by atoms with Crippen LogP contribution in [0.25, 0.3) is 5.52 Å². The Morgan fingerprint density at radius 2 is 2.14 bits per heavy atom. The molecule has 0 fully saturated rings. The van der Waals surface area contributed by atoms with E-state index in [0.717, 1.165) is 11.3 Å². The molecule has 0 spiro atoms. The number of pyridine rings is 1. The van der Waals surface area contributed by atoms with Crippen LogP contribution in [-0.4, -0.2) is 41.7 Å². The second-order valence-corrected chi connectivity index (χ2v) is 6.16. The van der Waals surface area contributed by atoms with Gasteiger partial charge in [-0.05, 0) is 34.1 Å². The molecule has 112 valence electrons. The van der Waals surface area contributed by atoms with Gasteiger partial charge in [-0.15, -0.1) is 10.2 Å². The largest absolute Gasteiger partial charge is 0.328 e. The van der Waals surface area contributed by atoms with Crippen LogP contribution in [-0.2, 0) is 13.1 Å². The maximum atomic E-state index is 12.6. The highest BCUT2D eigenvalue weighted by molar-refractivity contribution is 9.10. The first-order chi connectivity index (χ1) is 10.6. The van der Waals surface area contributed by atoms with Gasteiger partial charge in [0.1, 0.15) is 0 Å². The molecule has 0 unspecified atom stereocenters. The first-order valence-corrected chi connectivity index (χ1v) is 7.81. The van der Waals surface area contributed by atoms with E-state index >= 15 is 0 Å². The summed E-state index contributed by atoms with van der Waals surface area (Å²) in [7, 11) is 0. The Morgan fingerprint density at radius 3 is 3.00 bits per heavy atom. The Kier molecular flexibility index (Phi) is 3.16. The third-order valence-corrected chi connectivity index (χ3v) is 4.45. The molecule has 0 bridgehead atoms. The average molecular weight is 382 g/mol. The summed E-state index contributed by atoms with van der Waals surface area (Å²) in [6.07, 6.45) is 1.68. The van der Waals surface area contributed by atoms with E-state index in [-0.39, 0.29) is 5.91 Å². The van der Waals surface area contributed by atoms with Crippen molar-refractivity contribution in [3.8, 4) is 0 Å². The summed E-state index contributed by atoms with van der Waals surface area (Å²) < 4.78 is 4.25. The van der Waals surface area contributed by atoms with Gasteiger partial charge in [0.2, 0.25) is 0 Å². The van der Waals surface area contributed by atoms with Gasteiger partial charge in [0, 0.05) is 19.3 Å². The zero-order chi connectivity index (χ0) is 15.3. The van der Waals surface area contributed by atoms with Crippen molar-refractivity contribution in [2.24, 2.45) is 0 Å². The molecule has 3 aromatic heterocycles. The zero-order valence-corrected chi connectivity index (χ0v) is 13.6. The van der Waals surface area contributed by atoms with E-state index < -0.39 is 0 Å². The number of aromatic nitrogens is 5. The van der Waals surface area contributed by atoms with Gasteiger partial charge in [0.15, 0.2) is 16.3 Å². The van der Waals surface area contributed by atoms with Gasteiger partial charge in [-0.3, -0.25) is 4.79 Å². The van der Waals surface area contributed by atoms with Crippen molar-refractivity contribution in [2.75, 3.05) is 6.54 Å². The first-order valence-electron chi connectivity index (χ1n) is 6.63. The maximum absolute atomic E-state index is 12.6. The van der Waals surface area contributed by atoms with Crippen LogP contribution >= 0.6 is 27.5 Å². The molecule has 1 aliphatic rings. The molecule has 4 heterocycles. The van der Waals surface area contributed by atoms with E-state index in [2.05, 4.69) is 31.2 Å². The molecule has 0 aliphatic carbocycles. The molecule has 0 saturated carbocycles. The summed E-state index contributed by atoms with van der Waals surface area (Å²) in [5, 5.41) is 12.9. The molecule has 0 aromatic carbocycles. The van der Waals surface area contributed by atoms with E-state index in [9.17, 15) is 4.79 Å². The summed E-state index contributed by atoms with van der Waals surface area (Å²) in [6, 6.07) is 5.36. The van der Waals surface area contributed by atoms with Crippen LogP contribution in [0.2, 0.25) is 5.02 Å². The fraction of sp³-hybridized carbons (Fsp3) is 0.231. The molecule has 4 rings (SSSR count). The molecule has 0 N–H and O–H groups in total. The third-order valence-electron chi connectivity index (χ3n) is 3.64. The molecule has 7 nitrogen and oxygen atoms in total. The highest BCUT2D eigenvalue weighted by Crippen LogP contribution is 2.19. The lowest BCUT2D eigenvalue weighted by atomic mass is 10.3. The number of carbonyl (C=O) groups is 1. The van der Waals surface area contributed by atoms with Crippen molar-refractivity contribution in [2.45, 2.75) is 13.1 Å². The Bertz CT molecular complexity index is 888. The van der Waals surface area contributed by atoms with Gasteiger partial charge in [-0.1, -0.05) is 11.6 Å². The van der Waals surface area contributed by atoms with Gasteiger partial charge in [0.05, 0.1) is 17.1 Å². The lowest BCUT2D eigenvalue weighted by Crippen LogP contribution is -2.38. The number of fused-ring (bicyclic) bond motifs is 2. The third kappa shape index (κ3) is 2.19. The molecule has 0 radical (unpaired) electrons. The summed E-state index contributed by atoms with van der Waals surface area (Å²) in [6.45, 7) is 1.68.